The summed E-state index contributed by atoms with van der Waals surface area (Å²) in [6, 6.07) is 13.4. The maximum atomic E-state index is 13.1. The fourth-order valence-electron chi connectivity index (χ4n) is 3.84. The minimum atomic E-state index is -3.74. The van der Waals surface area contributed by atoms with Gasteiger partial charge in [0.15, 0.2) is 0 Å². The first-order valence-corrected chi connectivity index (χ1v) is 13.0. The molecule has 0 radical (unpaired) electrons. The van der Waals surface area contributed by atoms with Crippen molar-refractivity contribution < 1.29 is 22.7 Å². The van der Waals surface area contributed by atoms with Crippen molar-refractivity contribution in [1.29, 1.82) is 0 Å². The molecule has 2 aromatic rings. The van der Waals surface area contributed by atoms with Crippen molar-refractivity contribution in [2.45, 2.75) is 32.6 Å². The first kappa shape index (κ1) is 24.6. The number of benzene rings is 2. The Bertz CT molecular complexity index is 1080. The number of para-hydroxylation sites is 1. The summed E-state index contributed by atoms with van der Waals surface area (Å²) in [4.78, 5) is 27.8. The second-order valence-corrected chi connectivity index (χ2v) is 9.91. The largest absolute Gasteiger partial charge is 0.494 e. The number of nitrogens with one attached hydrogen (secondary N) is 1. The summed E-state index contributed by atoms with van der Waals surface area (Å²) in [5, 5.41) is 2.73. The molecule has 1 fully saturated rings. The highest BCUT2D eigenvalue weighted by atomic mass is 32.2. The van der Waals surface area contributed by atoms with E-state index < -0.39 is 22.5 Å². The molecule has 0 aliphatic carbocycles. The van der Waals surface area contributed by atoms with Crippen LogP contribution in [0.4, 0.5) is 11.4 Å². The second-order valence-electron chi connectivity index (χ2n) is 8.00. The average Bonchev–Trinajstić information content (AvgIpc) is 3.07. The summed E-state index contributed by atoms with van der Waals surface area (Å²) in [6.07, 6.45) is 5.18. The Morgan fingerprint density at radius 2 is 1.73 bits per heavy atom. The van der Waals surface area contributed by atoms with Gasteiger partial charge in [-0.1, -0.05) is 31.0 Å². The van der Waals surface area contributed by atoms with Crippen LogP contribution in [-0.2, 0) is 14.8 Å². The van der Waals surface area contributed by atoms with Crippen molar-refractivity contribution in [3.8, 4) is 5.75 Å². The number of likely N-dealkylation sites (tertiary alicyclic amines) is 1. The minimum absolute atomic E-state index is 0.128. The monoisotopic (exact) mass is 473 g/mol. The van der Waals surface area contributed by atoms with Gasteiger partial charge in [-0.15, -0.1) is 0 Å². The molecule has 9 heteroatoms. The van der Waals surface area contributed by atoms with Crippen molar-refractivity contribution in [2.24, 2.45) is 0 Å². The molecule has 33 heavy (non-hydrogen) atoms. The van der Waals surface area contributed by atoms with E-state index in [0.717, 1.165) is 36.2 Å². The summed E-state index contributed by atoms with van der Waals surface area (Å²) in [6.45, 7) is 3.22. The van der Waals surface area contributed by atoms with Crippen molar-refractivity contribution in [2.75, 3.05) is 42.1 Å². The van der Waals surface area contributed by atoms with Crippen LogP contribution in [0.2, 0.25) is 0 Å². The number of hydrogen-bond donors (Lipinski definition) is 1. The molecule has 1 aliphatic rings. The molecular formula is C24H31N3O5S. The number of rotatable bonds is 8. The lowest BCUT2D eigenvalue weighted by Gasteiger charge is -2.24. The lowest BCUT2D eigenvalue weighted by Crippen LogP contribution is -2.38. The molecule has 178 valence electrons. The van der Waals surface area contributed by atoms with Crippen LogP contribution in [0.5, 0.6) is 5.75 Å². The van der Waals surface area contributed by atoms with E-state index in [4.69, 9.17) is 4.74 Å². The third-order valence-electron chi connectivity index (χ3n) is 5.43. The molecule has 2 amide bonds. The van der Waals surface area contributed by atoms with Crippen LogP contribution in [0.25, 0.3) is 0 Å². The maximum Gasteiger partial charge on any atom is 0.255 e. The molecule has 1 aliphatic heterocycles. The topological polar surface area (TPSA) is 96.0 Å². The van der Waals surface area contributed by atoms with Crippen molar-refractivity contribution in [3.05, 3.63) is 54.1 Å². The smallest absolute Gasteiger partial charge is 0.255 e. The number of anilines is 2. The Morgan fingerprint density at radius 1 is 1.03 bits per heavy atom. The lowest BCUT2D eigenvalue weighted by molar-refractivity contribution is -0.114. The number of sulfonamides is 1. The van der Waals surface area contributed by atoms with Crippen LogP contribution in [0, 0.1) is 0 Å². The van der Waals surface area contributed by atoms with Gasteiger partial charge >= 0.3 is 0 Å². The van der Waals surface area contributed by atoms with Gasteiger partial charge in [0.05, 0.1) is 29.8 Å². The predicted molar refractivity (Wildman–Crippen MR) is 129 cm³/mol. The van der Waals surface area contributed by atoms with E-state index in [1.165, 1.54) is 0 Å². The van der Waals surface area contributed by atoms with E-state index in [1.54, 1.807) is 48.5 Å². The van der Waals surface area contributed by atoms with E-state index in [-0.39, 0.29) is 5.91 Å². The van der Waals surface area contributed by atoms with Crippen LogP contribution in [0.3, 0.4) is 0 Å². The number of hydrogen-bond acceptors (Lipinski definition) is 5. The van der Waals surface area contributed by atoms with Gasteiger partial charge in [-0.2, -0.15) is 0 Å². The van der Waals surface area contributed by atoms with Gasteiger partial charge in [-0.05, 0) is 44.0 Å². The molecular weight excluding hydrogens is 442 g/mol. The first-order valence-electron chi connectivity index (χ1n) is 11.2. The molecule has 0 bridgehead atoms. The van der Waals surface area contributed by atoms with Crippen molar-refractivity contribution in [3.63, 3.8) is 0 Å². The molecule has 0 atom stereocenters. The third kappa shape index (κ3) is 6.71. The normalized spacial score (nSPS) is 14.3. The Kier molecular flexibility index (Phi) is 8.32. The van der Waals surface area contributed by atoms with Gasteiger partial charge in [0.2, 0.25) is 15.9 Å². The van der Waals surface area contributed by atoms with Crippen molar-refractivity contribution >= 4 is 33.2 Å². The van der Waals surface area contributed by atoms with Crippen LogP contribution in [0.15, 0.2) is 48.5 Å². The fourth-order valence-corrected chi connectivity index (χ4v) is 4.69. The lowest BCUT2D eigenvalue weighted by atomic mass is 10.1. The molecule has 3 rings (SSSR count). The first-order chi connectivity index (χ1) is 15.8. The molecule has 1 saturated heterocycles. The van der Waals surface area contributed by atoms with Crippen LogP contribution < -0.4 is 14.4 Å². The van der Waals surface area contributed by atoms with Gasteiger partial charge in [0.25, 0.3) is 5.91 Å². The second kappa shape index (κ2) is 11.2. The molecule has 0 unspecified atom stereocenters. The third-order valence-corrected chi connectivity index (χ3v) is 6.57. The molecule has 0 spiro atoms. The van der Waals surface area contributed by atoms with Gasteiger partial charge in [0.1, 0.15) is 12.3 Å². The number of carbonyl (C=O) groups excluding carboxylic acids is 2. The summed E-state index contributed by atoms with van der Waals surface area (Å²) in [5.41, 5.74) is 1.10. The van der Waals surface area contributed by atoms with Gasteiger partial charge in [-0.25, -0.2) is 8.42 Å². The Balaban J connectivity index is 1.79. The minimum Gasteiger partial charge on any atom is -0.494 e. The molecule has 2 aromatic carbocycles. The highest BCUT2D eigenvalue weighted by Gasteiger charge is 2.24. The number of nitrogens with zero attached hydrogens (tertiary/aromatic N) is 2. The Hall–Kier alpha value is -3.07. The van der Waals surface area contributed by atoms with E-state index >= 15 is 0 Å². The number of carbonyl (C=O) groups is 2. The van der Waals surface area contributed by atoms with Crippen LogP contribution in [-0.4, -0.2) is 57.6 Å². The van der Waals surface area contributed by atoms with E-state index in [0.29, 0.717) is 42.4 Å². The quantitative estimate of drug-likeness (QED) is 0.633. The zero-order chi connectivity index (χ0) is 23.8. The van der Waals surface area contributed by atoms with Crippen LogP contribution >= 0.6 is 0 Å². The van der Waals surface area contributed by atoms with Gasteiger partial charge < -0.3 is 15.0 Å². The van der Waals surface area contributed by atoms with Gasteiger partial charge in [0, 0.05) is 19.2 Å². The standard InChI is InChI=1S/C24H31N3O5S/c1-3-32-20-12-10-11-19(17-20)27(33(2,30)31)18-23(28)25-22-14-7-6-13-21(22)24(29)26-15-8-4-5-9-16-26/h6-7,10-14,17H,3-5,8-9,15-16,18H2,1-2H3,(H,25,28). The maximum absolute atomic E-state index is 13.1. The van der Waals surface area contributed by atoms with Crippen LogP contribution in [0.1, 0.15) is 43.0 Å². The average molecular weight is 474 g/mol. The van der Waals surface area contributed by atoms with E-state index in [2.05, 4.69) is 5.32 Å². The summed E-state index contributed by atoms with van der Waals surface area (Å²) < 4.78 is 31.4. The zero-order valence-electron chi connectivity index (χ0n) is 19.1. The number of ether oxygens (including phenoxy) is 1. The SMILES string of the molecule is CCOc1cccc(N(CC(=O)Nc2ccccc2C(=O)N2CCCCCC2)S(C)(=O)=O)c1. The fraction of sp³-hybridized carbons (Fsp3) is 0.417. The molecule has 1 heterocycles. The molecule has 1 N–H and O–H groups in total. The molecule has 8 nitrogen and oxygen atoms in total. The highest BCUT2D eigenvalue weighted by Crippen LogP contribution is 2.24. The molecule has 0 aromatic heterocycles. The summed E-state index contributed by atoms with van der Waals surface area (Å²) in [7, 11) is -3.74. The van der Waals surface area contributed by atoms with E-state index in [1.807, 2.05) is 11.8 Å². The Labute approximate surface area is 195 Å². The highest BCUT2D eigenvalue weighted by molar-refractivity contribution is 7.92. The number of amides is 2. The summed E-state index contributed by atoms with van der Waals surface area (Å²) >= 11 is 0. The van der Waals surface area contributed by atoms with Crippen molar-refractivity contribution in [1.82, 2.24) is 4.90 Å². The summed E-state index contributed by atoms with van der Waals surface area (Å²) in [5.74, 6) is -0.159. The van der Waals surface area contributed by atoms with E-state index in [9.17, 15) is 18.0 Å². The zero-order valence-corrected chi connectivity index (χ0v) is 19.9. The molecule has 0 saturated carbocycles. The van der Waals surface area contributed by atoms with Gasteiger partial charge in [-0.3, -0.25) is 13.9 Å². The predicted octanol–water partition coefficient (Wildman–Crippen LogP) is 3.51. The Morgan fingerprint density at radius 3 is 2.39 bits per heavy atom.